The van der Waals surface area contributed by atoms with Crippen LogP contribution in [-0.2, 0) is 6.61 Å². The molecule has 3 aromatic carbocycles. The van der Waals surface area contributed by atoms with Crippen molar-refractivity contribution in [2.75, 3.05) is 12.4 Å². The van der Waals surface area contributed by atoms with Gasteiger partial charge in [0.15, 0.2) is 0 Å². The number of benzene rings is 3. The first-order valence-corrected chi connectivity index (χ1v) is 7.97. The van der Waals surface area contributed by atoms with E-state index in [1.807, 2.05) is 30.3 Å². The van der Waals surface area contributed by atoms with E-state index in [0.29, 0.717) is 12.2 Å². The number of nitrogens with one attached hydrogen (secondary N) is 1. The maximum absolute atomic E-state index is 12.3. The van der Waals surface area contributed by atoms with Gasteiger partial charge in [-0.3, -0.25) is 4.79 Å². The van der Waals surface area contributed by atoms with Gasteiger partial charge in [0.2, 0.25) is 0 Å². The highest BCUT2D eigenvalue weighted by Crippen LogP contribution is 2.18. The van der Waals surface area contributed by atoms with Crippen molar-refractivity contribution >= 4 is 11.6 Å². The second kappa shape index (κ2) is 8.02. The molecule has 0 aliphatic heterocycles. The molecule has 0 atom stereocenters. The Morgan fingerprint density at radius 3 is 2.12 bits per heavy atom. The Bertz CT molecular complexity index is 812. The van der Waals surface area contributed by atoms with Gasteiger partial charge in [-0.25, -0.2) is 0 Å². The number of rotatable bonds is 6. The predicted molar refractivity (Wildman–Crippen MR) is 98.2 cm³/mol. The van der Waals surface area contributed by atoms with Crippen molar-refractivity contribution in [1.82, 2.24) is 0 Å². The highest BCUT2D eigenvalue weighted by molar-refractivity contribution is 6.04. The van der Waals surface area contributed by atoms with Crippen molar-refractivity contribution in [2.24, 2.45) is 0 Å². The number of ether oxygens (including phenoxy) is 2. The summed E-state index contributed by atoms with van der Waals surface area (Å²) in [6, 6.07) is 24.2. The quantitative estimate of drug-likeness (QED) is 0.721. The Kier molecular flexibility index (Phi) is 5.32. The fourth-order valence-corrected chi connectivity index (χ4v) is 2.32. The van der Waals surface area contributed by atoms with E-state index >= 15 is 0 Å². The van der Waals surface area contributed by atoms with Crippen molar-refractivity contribution < 1.29 is 14.3 Å². The van der Waals surface area contributed by atoms with E-state index in [9.17, 15) is 4.79 Å². The van der Waals surface area contributed by atoms with E-state index in [2.05, 4.69) is 5.32 Å². The van der Waals surface area contributed by atoms with E-state index in [0.717, 1.165) is 22.7 Å². The van der Waals surface area contributed by atoms with Gasteiger partial charge in [-0.2, -0.15) is 0 Å². The zero-order valence-electron chi connectivity index (χ0n) is 13.9. The van der Waals surface area contributed by atoms with E-state index < -0.39 is 0 Å². The molecule has 1 N–H and O–H groups in total. The number of hydrogen-bond donors (Lipinski definition) is 1. The van der Waals surface area contributed by atoms with Crippen LogP contribution in [0.2, 0.25) is 0 Å². The molecule has 0 bridgehead atoms. The van der Waals surface area contributed by atoms with Crippen LogP contribution in [0.1, 0.15) is 15.9 Å². The van der Waals surface area contributed by atoms with Crippen LogP contribution < -0.4 is 14.8 Å². The first-order chi connectivity index (χ1) is 12.2. The topological polar surface area (TPSA) is 47.6 Å². The molecule has 4 heteroatoms. The maximum atomic E-state index is 12.3. The molecule has 3 rings (SSSR count). The highest BCUT2D eigenvalue weighted by Gasteiger charge is 2.06. The van der Waals surface area contributed by atoms with Gasteiger partial charge in [0.1, 0.15) is 18.1 Å². The molecule has 0 aliphatic rings. The Balaban J connectivity index is 1.58. The van der Waals surface area contributed by atoms with Crippen LogP contribution in [0.25, 0.3) is 0 Å². The average molecular weight is 333 g/mol. The third-order valence-corrected chi connectivity index (χ3v) is 3.71. The largest absolute Gasteiger partial charge is 0.497 e. The average Bonchev–Trinajstić information content (AvgIpc) is 2.68. The summed E-state index contributed by atoms with van der Waals surface area (Å²) in [5, 5.41) is 2.85. The van der Waals surface area contributed by atoms with Gasteiger partial charge in [-0.05, 0) is 54.1 Å². The summed E-state index contributed by atoms with van der Waals surface area (Å²) in [5.74, 6) is 1.31. The van der Waals surface area contributed by atoms with Gasteiger partial charge in [-0.1, -0.05) is 30.3 Å². The number of carbonyl (C=O) groups is 1. The molecular weight excluding hydrogens is 314 g/mol. The van der Waals surface area contributed by atoms with Crippen LogP contribution >= 0.6 is 0 Å². The predicted octanol–water partition coefficient (Wildman–Crippen LogP) is 4.53. The summed E-state index contributed by atoms with van der Waals surface area (Å²) < 4.78 is 10.8. The summed E-state index contributed by atoms with van der Waals surface area (Å²) in [6.07, 6.45) is 0. The number of anilines is 1. The number of hydrogen-bond acceptors (Lipinski definition) is 3. The van der Waals surface area contributed by atoms with E-state index in [-0.39, 0.29) is 5.91 Å². The van der Waals surface area contributed by atoms with Crippen LogP contribution in [0.15, 0.2) is 78.9 Å². The van der Waals surface area contributed by atoms with Gasteiger partial charge in [0, 0.05) is 11.3 Å². The van der Waals surface area contributed by atoms with Gasteiger partial charge >= 0.3 is 0 Å². The highest BCUT2D eigenvalue weighted by atomic mass is 16.5. The molecule has 0 aromatic heterocycles. The molecule has 4 nitrogen and oxygen atoms in total. The first kappa shape index (κ1) is 16.6. The fourth-order valence-electron chi connectivity index (χ4n) is 2.32. The molecule has 0 aliphatic carbocycles. The molecule has 0 unspecified atom stereocenters. The molecular formula is C21H19NO3. The maximum Gasteiger partial charge on any atom is 0.255 e. The fraction of sp³-hybridized carbons (Fsp3) is 0.0952. The standard InChI is InChI=1S/C21H19NO3/c1-24-19-13-9-18(10-14-19)22-21(23)17-7-11-20(12-8-17)25-15-16-5-3-2-4-6-16/h2-14H,15H2,1H3,(H,22,23). The van der Waals surface area contributed by atoms with Crippen molar-refractivity contribution in [3.63, 3.8) is 0 Å². The van der Waals surface area contributed by atoms with E-state index in [4.69, 9.17) is 9.47 Å². The molecule has 1 amide bonds. The summed E-state index contributed by atoms with van der Waals surface area (Å²) in [5.41, 5.74) is 2.39. The minimum absolute atomic E-state index is 0.167. The zero-order chi connectivity index (χ0) is 17.5. The van der Waals surface area contributed by atoms with Gasteiger partial charge in [0.05, 0.1) is 7.11 Å². The third-order valence-electron chi connectivity index (χ3n) is 3.71. The van der Waals surface area contributed by atoms with Crippen molar-refractivity contribution in [3.05, 3.63) is 90.0 Å². The van der Waals surface area contributed by atoms with Crippen LogP contribution in [0.3, 0.4) is 0 Å². The molecule has 0 heterocycles. The molecule has 0 fully saturated rings. The number of carbonyl (C=O) groups excluding carboxylic acids is 1. The van der Waals surface area contributed by atoms with Crippen molar-refractivity contribution in [3.8, 4) is 11.5 Å². The first-order valence-electron chi connectivity index (χ1n) is 7.97. The number of amides is 1. The minimum Gasteiger partial charge on any atom is -0.497 e. The second-order valence-corrected chi connectivity index (χ2v) is 5.48. The minimum atomic E-state index is -0.167. The summed E-state index contributed by atoms with van der Waals surface area (Å²) in [4.78, 5) is 12.3. The van der Waals surface area contributed by atoms with Gasteiger partial charge in [-0.15, -0.1) is 0 Å². The van der Waals surface area contributed by atoms with Crippen LogP contribution in [-0.4, -0.2) is 13.0 Å². The number of methoxy groups -OCH3 is 1. The summed E-state index contributed by atoms with van der Waals surface area (Å²) in [7, 11) is 1.61. The SMILES string of the molecule is COc1ccc(NC(=O)c2ccc(OCc3ccccc3)cc2)cc1. The second-order valence-electron chi connectivity index (χ2n) is 5.48. The lowest BCUT2D eigenvalue weighted by molar-refractivity contribution is 0.102. The molecule has 0 saturated heterocycles. The lowest BCUT2D eigenvalue weighted by atomic mass is 10.2. The molecule has 25 heavy (non-hydrogen) atoms. The lowest BCUT2D eigenvalue weighted by Gasteiger charge is -2.08. The summed E-state index contributed by atoms with van der Waals surface area (Å²) in [6.45, 7) is 0.498. The smallest absolute Gasteiger partial charge is 0.255 e. The molecule has 0 saturated carbocycles. The normalized spacial score (nSPS) is 10.1. The van der Waals surface area contributed by atoms with E-state index in [1.54, 1.807) is 55.6 Å². The summed E-state index contributed by atoms with van der Waals surface area (Å²) >= 11 is 0. The van der Waals surface area contributed by atoms with Gasteiger partial charge in [0.25, 0.3) is 5.91 Å². The Labute approximate surface area is 147 Å². The molecule has 3 aromatic rings. The third kappa shape index (κ3) is 4.61. The Morgan fingerprint density at radius 2 is 1.48 bits per heavy atom. The Morgan fingerprint density at radius 1 is 0.840 bits per heavy atom. The van der Waals surface area contributed by atoms with E-state index in [1.165, 1.54) is 0 Å². The Hall–Kier alpha value is -3.27. The molecule has 0 radical (unpaired) electrons. The van der Waals surface area contributed by atoms with Crippen molar-refractivity contribution in [1.29, 1.82) is 0 Å². The monoisotopic (exact) mass is 333 g/mol. The van der Waals surface area contributed by atoms with Crippen LogP contribution in [0.4, 0.5) is 5.69 Å². The lowest BCUT2D eigenvalue weighted by Crippen LogP contribution is -2.11. The van der Waals surface area contributed by atoms with Crippen LogP contribution in [0, 0.1) is 0 Å². The van der Waals surface area contributed by atoms with Crippen molar-refractivity contribution in [2.45, 2.75) is 6.61 Å². The van der Waals surface area contributed by atoms with Crippen LogP contribution in [0.5, 0.6) is 11.5 Å². The van der Waals surface area contributed by atoms with Gasteiger partial charge < -0.3 is 14.8 Å². The zero-order valence-corrected chi connectivity index (χ0v) is 13.9. The molecule has 0 spiro atoms. The molecule has 126 valence electrons.